The number of benzene rings is 1. The molecule has 0 radical (unpaired) electrons. The van der Waals surface area contributed by atoms with Gasteiger partial charge in [-0.05, 0) is 30.5 Å². The van der Waals surface area contributed by atoms with E-state index in [4.69, 9.17) is 5.11 Å². The van der Waals surface area contributed by atoms with Crippen molar-refractivity contribution in [2.24, 2.45) is 0 Å². The largest absolute Gasteiger partial charge is 0.511 e. The van der Waals surface area contributed by atoms with Gasteiger partial charge in [-0.1, -0.05) is 0 Å². The lowest BCUT2D eigenvalue weighted by molar-refractivity contribution is -0.384. The van der Waals surface area contributed by atoms with E-state index >= 15 is 0 Å². The predicted octanol–water partition coefficient (Wildman–Crippen LogP) is 3.86. The van der Waals surface area contributed by atoms with Gasteiger partial charge in [0.25, 0.3) is 5.69 Å². The molecule has 144 valence electrons. The zero-order valence-electron chi connectivity index (χ0n) is 13.8. The highest BCUT2D eigenvalue weighted by atomic mass is 19.4. The fourth-order valence-electron chi connectivity index (χ4n) is 2.35. The number of aryl methyl sites for hydroxylation is 2. The number of non-ortho nitro benzene ring substituents is 1. The average molecular weight is 386 g/mol. The monoisotopic (exact) mass is 386 g/mol. The van der Waals surface area contributed by atoms with Crippen LogP contribution < -0.4 is 9.47 Å². The summed E-state index contributed by atoms with van der Waals surface area (Å²) in [5.41, 5.74) is -0.998. The maximum Gasteiger partial charge on any atom is 0.511 e. The average Bonchev–Trinajstić information content (AvgIpc) is 2.59. The number of hydrogen-bond acceptors (Lipinski definition) is 6. The number of methoxy groups -OCH3 is 1. The van der Waals surface area contributed by atoms with Crippen LogP contribution in [0.2, 0.25) is 0 Å². The van der Waals surface area contributed by atoms with Gasteiger partial charge in [0.1, 0.15) is 11.3 Å². The van der Waals surface area contributed by atoms with Crippen molar-refractivity contribution in [1.82, 2.24) is 4.98 Å². The van der Waals surface area contributed by atoms with Crippen LogP contribution in [0.3, 0.4) is 0 Å². The molecule has 11 heteroatoms. The van der Waals surface area contributed by atoms with Crippen molar-refractivity contribution in [2.75, 3.05) is 7.11 Å². The Morgan fingerprint density at radius 1 is 1.30 bits per heavy atom. The lowest BCUT2D eigenvalue weighted by Gasteiger charge is -2.13. The first-order chi connectivity index (χ1) is 12.6. The van der Waals surface area contributed by atoms with Gasteiger partial charge in [-0.15, -0.1) is 0 Å². The van der Waals surface area contributed by atoms with Crippen molar-refractivity contribution in [3.63, 3.8) is 0 Å². The molecule has 0 unspecified atom stereocenters. The number of pyridine rings is 1. The molecular weight excluding hydrogens is 373 g/mol. The fraction of sp³-hybridized carbons (Fsp3) is 0.250. The summed E-state index contributed by atoms with van der Waals surface area (Å²) in [6, 6.07) is 4.16. The van der Waals surface area contributed by atoms with Gasteiger partial charge in [-0.25, -0.2) is 9.78 Å². The van der Waals surface area contributed by atoms with Crippen LogP contribution in [0.25, 0.3) is 0 Å². The van der Waals surface area contributed by atoms with Gasteiger partial charge >= 0.3 is 12.3 Å². The number of nitro benzene ring substituents is 1. The molecule has 1 aromatic carbocycles. The Hall–Kier alpha value is -3.37. The summed E-state index contributed by atoms with van der Waals surface area (Å²) in [6.45, 7) is 0. The van der Waals surface area contributed by atoms with Crippen LogP contribution in [0.5, 0.6) is 11.6 Å². The van der Waals surface area contributed by atoms with Crippen molar-refractivity contribution in [1.29, 1.82) is 0 Å². The number of nitro groups is 1. The lowest BCUT2D eigenvalue weighted by Crippen LogP contribution is -2.10. The normalized spacial score (nSPS) is 11.1. The van der Waals surface area contributed by atoms with Crippen molar-refractivity contribution < 1.29 is 37.5 Å². The van der Waals surface area contributed by atoms with Crippen molar-refractivity contribution in [3.05, 3.63) is 57.3 Å². The Balaban J connectivity index is 2.31. The number of rotatable bonds is 6. The molecule has 0 atom stereocenters. The minimum Gasteiger partial charge on any atom is -0.481 e. The van der Waals surface area contributed by atoms with E-state index in [1.807, 2.05) is 0 Å². The summed E-state index contributed by atoms with van der Waals surface area (Å²) >= 11 is 0. The summed E-state index contributed by atoms with van der Waals surface area (Å²) in [5.74, 6) is -0.706. The molecule has 0 amide bonds. The Bertz CT molecular complexity index is 870. The number of aromatic nitrogens is 1. The molecule has 2 rings (SSSR count). The van der Waals surface area contributed by atoms with E-state index in [1.54, 1.807) is 0 Å². The first-order valence-corrected chi connectivity index (χ1v) is 7.40. The third-order valence-electron chi connectivity index (χ3n) is 3.54. The highest BCUT2D eigenvalue weighted by Crippen LogP contribution is 2.35. The van der Waals surface area contributed by atoms with E-state index in [9.17, 15) is 28.1 Å². The molecule has 0 saturated carbocycles. The first-order valence-electron chi connectivity index (χ1n) is 7.40. The van der Waals surface area contributed by atoms with E-state index in [1.165, 1.54) is 6.20 Å². The number of nitrogens with zero attached hydrogens (tertiary/aromatic N) is 2. The Labute approximate surface area is 150 Å². The maximum absolute atomic E-state index is 13.0. The lowest BCUT2D eigenvalue weighted by atomic mass is 10.0. The Morgan fingerprint density at radius 2 is 2.00 bits per heavy atom. The number of ether oxygens (including phenoxy) is 2. The summed E-state index contributed by atoms with van der Waals surface area (Å²) in [7, 11) is 1.07. The molecule has 0 aliphatic carbocycles. The van der Waals surface area contributed by atoms with Crippen LogP contribution in [-0.2, 0) is 19.0 Å². The van der Waals surface area contributed by atoms with Gasteiger partial charge in [-0.2, -0.15) is 13.2 Å². The molecule has 1 N–H and O–H groups in total. The smallest absolute Gasteiger partial charge is 0.481 e. The summed E-state index contributed by atoms with van der Waals surface area (Å²) in [6.07, 6.45) is -5.09. The number of hydrogen-bond donors (Lipinski definition) is 1. The highest BCUT2D eigenvalue weighted by Gasteiger charge is 2.35. The summed E-state index contributed by atoms with van der Waals surface area (Å²) in [5, 5.41) is 19.6. The van der Waals surface area contributed by atoms with Gasteiger partial charge in [0, 0.05) is 23.9 Å². The zero-order valence-corrected chi connectivity index (χ0v) is 13.8. The molecule has 8 nitrogen and oxygen atoms in total. The third kappa shape index (κ3) is 5.06. The molecule has 0 spiro atoms. The predicted molar refractivity (Wildman–Crippen MR) is 84.9 cm³/mol. The van der Waals surface area contributed by atoms with Gasteiger partial charge in [0.15, 0.2) is 0 Å². The summed E-state index contributed by atoms with van der Waals surface area (Å²) < 4.78 is 48.3. The highest BCUT2D eigenvalue weighted by molar-refractivity contribution is 5.62. The quantitative estimate of drug-likeness (QED) is 0.347. The maximum atomic E-state index is 13.0. The van der Waals surface area contributed by atoms with Crippen molar-refractivity contribution in [3.8, 4) is 11.6 Å². The van der Waals surface area contributed by atoms with Gasteiger partial charge in [0.2, 0.25) is 5.88 Å². The van der Waals surface area contributed by atoms with Crippen LogP contribution >= 0.6 is 0 Å². The molecular formula is C16H13F3N2O6. The van der Waals surface area contributed by atoms with Gasteiger partial charge < -0.3 is 14.6 Å². The SMILES string of the molecule is COc1ncc(CCc2cc([N+](=O)[O-])ccc2OC(=O)O)cc1C(F)(F)F. The number of alkyl halides is 3. The minimum atomic E-state index is -4.67. The number of halogens is 3. The van der Waals surface area contributed by atoms with Gasteiger partial charge in [0.05, 0.1) is 12.0 Å². The second-order valence-corrected chi connectivity index (χ2v) is 5.32. The molecule has 0 aliphatic rings. The molecule has 0 saturated heterocycles. The fourth-order valence-corrected chi connectivity index (χ4v) is 2.35. The first kappa shape index (κ1) is 19.9. The van der Waals surface area contributed by atoms with Crippen LogP contribution in [0.4, 0.5) is 23.7 Å². The van der Waals surface area contributed by atoms with Crippen LogP contribution in [-0.4, -0.2) is 28.3 Å². The molecule has 1 heterocycles. The standard InChI is InChI=1S/C16H13F3N2O6/c1-26-14-12(16(17,18)19)6-9(8-20-14)2-3-10-7-11(21(24)25)4-5-13(10)27-15(22)23/h4-8H,2-3H2,1H3,(H,22,23). The third-order valence-corrected chi connectivity index (χ3v) is 3.54. The Morgan fingerprint density at radius 3 is 2.56 bits per heavy atom. The van der Waals surface area contributed by atoms with Crippen LogP contribution in [0.15, 0.2) is 30.5 Å². The second-order valence-electron chi connectivity index (χ2n) is 5.32. The molecule has 0 aliphatic heterocycles. The van der Waals surface area contributed by atoms with E-state index < -0.39 is 28.7 Å². The topological polar surface area (TPSA) is 112 Å². The zero-order chi connectivity index (χ0) is 20.2. The molecule has 1 aromatic heterocycles. The molecule has 2 aromatic rings. The van der Waals surface area contributed by atoms with E-state index in [2.05, 4.69) is 14.5 Å². The minimum absolute atomic E-state index is 0.00437. The molecule has 0 bridgehead atoms. The Kier molecular flexibility index (Phi) is 5.83. The van der Waals surface area contributed by atoms with E-state index in [0.717, 1.165) is 31.4 Å². The van der Waals surface area contributed by atoms with Crippen LogP contribution in [0, 0.1) is 10.1 Å². The van der Waals surface area contributed by atoms with Crippen LogP contribution in [0.1, 0.15) is 16.7 Å². The summed E-state index contributed by atoms with van der Waals surface area (Å²) in [4.78, 5) is 24.6. The van der Waals surface area contributed by atoms with Crippen molar-refractivity contribution >= 4 is 11.8 Å². The van der Waals surface area contributed by atoms with E-state index in [0.29, 0.717) is 0 Å². The number of carboxylic acid groups (broad SMARTS) is 1. The second kappa shape index (κ2) is 7.89. The van der Waals surface area contributed by atoms with E-state index in [-0.39, 0.29) is 35.4 Å². The van der Waals surface area contributed by atoms with Crippen molar-refractivity contribution in [2.45, 2.75) is 19.0 Å². The van der Waals surface area contributed by atoms with Gasteiger partial charge in [-0.3, -0.25) is 10.1 Å². The molecule has 27 heavy (non-hydrogen) atoms. The molecule has 0 fully saturated rings. The number of carbonyl (C=O) groups is 1.